The fraction of sp³-hybridized carbons (Fsp3) is 0.304. The number of morpholine rings is 1. The Kier molecular flexibility index (Phi) is 4.51. The van der Waals surface area contributed by atoms with Crippen molar-refractivity contribution >= 4 is 17.4 Å². The molecule has 6 rings (SSSR count). The Morgan fingerprint density at radius 1 is 1.00 bits per heavy atom. The van der Waals surface area contributed by atoms with Crippen LogP contribution in [0.15, 0.2) is 42.7 Å². The molecule has 0 spiro atoms. The smallest absolute Gasteiger partial charge is 0.200 e. The average molecular weight is 429 g/mol. The zero-order chi connectivity index (χ0) is 21.7. The summed E-state index contributed by atoms with van der Waals surface area (Å²) in [6.07, 6.45) is 6.02. The third kappa shape index (κ3) is 3.17. The maximum absolute atomic E-state index is 5.59. The number of fused-ring (bicyclic) bond motifs is 2. The number of rotatable bonds is 3. The van der Waals surface area contributed by atoms with Crippen molar-refractivity contribution < 1.29 is 4.74 Å². The van der Waals surface area contributed by atoms with Crippen molar-refractivity contribution in [1.29, 1.82) is 0 Å². The fourth-order valence-corrected chi connectivity index (χ4v) is 4.24. The number of nitrogens with zero attached hydrogens (tertiary/aromatic N) is 8. The van der Waals surface area contributed by atoms with Crippen molar-refractivity contribution in [3.05, 3.63) is 65.8 Å². The molecular formula is C23H24N8O. The molecule has 0 unspecified atom stereocenters. The van der Waals surface area contributed by atoms with Crippen LogP contribution in [-0.2, 0) is 11.4 Å². The van der Waals surface area contributed by atoms with E-state index in [1.165, 1.54) is 0 Å². The number of benzene rings is 1. The largest absolute Gasteiger partial charge is 0.379 e. The van der Waals surface area contributed by atoms with E-state index < -0.39 is 0 Å². The summed E-state index contributed by atoms with van der Waals surface area (Å²) in [6, 6.07) is 10.3. The lowest BCUT2D eigenvalue weighted by Crippen LogP contribution is -2.49. The molecule has 1 fully saturated rings. The highest BCUT2D eigenvalue weighted by Gasteiger charge is 2.29. The van der Waals surface area contributed by atoms with Crippen LogP contribution in [0.3, 0.4) is 0 Å². The first kappa shape index (κ1) is 19.1. The molecule has 3 aromatic heterocycles. The molecule has 162 valence electrons. The molecule has 1 aromatic carbocycles. The summed E-state index contributed by atoms with van der Waals surface area (Å²) in [6.45, 7) is 7.65. The van der Waals surface area contributed by atoms with Gasteiger partial charge in [-0.05, 0) is 13.8 Å². The molecule has 0 bridgehead atoms. The predicted molar refractivity (Wildman–Crippen MR) is 120 cm³/mol. The summed E-state index contributed by atoms with van der Waals surface area (Å²) in [7, 11) is 0. The molecule has 0 radical (unpaired) electrons. The van der Waals surface area contributed by atoms with Crippen LogP contribution in [0.2, 0.25) is 0 Å². The first-order chi connectivity index (χ1) is 15.7. The van der Waals surface area contributed by atoms with E-state index in [0.29, 0.717) is 25.7 Å². The summed E-state index contributed by atoms with van der Waals surface area (Å²) in [5.41, 5.74) is 5.58. The number of aryl methyl sites for hydroxylation is 2. The van der Waals surface area contributed by atoms with Crippen LogP contribution in [0.1, 0.15) is 23.0 Å². The molecule has 32 heavy (non-hydrogen) atoms. The average Bonchev–Trinajstić information content (AvgIpc) is 3.47. The quantitative estimate of drug-likeness (QED) is 0.496. The van der Waals surface area contributed by atoms with Gasteiger partial charge in [0.1, 0.15) is 18.2 Å². The summed E-state index contributed by atoms with van der Waals surface area (Å²) < 4.78 is 9.64. The van der Waals surface area contributed by atoms with Crippen molar-refractivity contribution in [2.24, 2.45) is 0 Å². The van der Waals surface area contributed by atoms with Gasteiger partial charge in [-0.25, -0.2) is 19.5 Å². The Hall–Kier alpha value is -3.56. The molecule has 0 aliphatic carbocycles. The van der Waals surface area contributed by atoms with Gasteiger partial charge in [-0.15, -0.1) is 5.10 Å². The number of ether oxygens (including phenoxy) is 1. The lowest BCUT2D eigenvalue weighted by Gasteiger charge is -2.41. The molecule has 0 amide bonds. The van der Waals surface area contributed by atoms with E-state index in [-0.39, 0.29) is 0 Å². The molecule has 0 saturated carbocycles. The van der Waals surface area contributed by atoms with Gasteiger partial charge in [0.2, 0.25) is 0 Å². The summed E-state index contributed by atoms with van der Waals surface area (Å²) >= 11 is 0. The maximum Gasteiger partial charge on any atom is 0.200 e. The molecule has 2 aliphatic rings. The second-order valence-corrected chi connectivity index (χ2v) is 8.11. The van der Waals surface area contributed by atoms with Crippen LogP contribution < -0.4 is 0 Å². The molecule has 2 aliphatic heterocycles. The Labute approximate surface area is 185 Å². The highest BCUT2D eigenvalue weighted by molar-refractivity contribution is 5.78. The van der Waals surface area contributed by atoms with Crippen LogP contribution >= 0.6 is 0 Å². The monoisotopic (exact) mass is 428 g/mol. The first-order valence-corrected chi connectivity index (χ1v) is 10.8. The lowest BCUT2D eigenvalue weighted by atomic mass is 10.2. The van der Waals surface area contributed by atoms with Gasteiger partial charge in [-0.2, -0.15) is 0 Å². The minimum atomic E-state index is 0.646. The molecular weight excluding hydrogens is 404 g/mol. The fourth-order valence-electron chi connectivity index (χ4n) is 4.24. The van der Waals surface area contributed by atoms with Crippen molar-refractivity contribution in [3.63, 3.8) is 0 Å². The second kappa shape index (κ2) is 7.54. The molecule has 5 heterocycles. The van der Waals surface area contributed by atoms with E-state index in [2.05, 4.69) is 44.0 Å². The standard InChI is InChI=1S/C23H24N8O/c1-16-13-24-17(2)23-26-22(27-31(16)23)20-12-21-25-19(18-6-4-3-5-7-18)14-28(21)15-30(20)29-8-10-32-11-9-29/h3-7,12-14H,8-11,15H2,1-2H3. The van der Waals surface area contributed by atoms with E-state index in [4.69, 9.17) is 19.8 Å². The minimum Gasteiger partial charge on any atom is -0.379 e. The third-order valence-electron chi connectivity index (χ3n) is 5.98. The Morgan fingerprint density at radius 2 is 1.81 bits per heavy atom. The Bertz CT molecular complexity index is 1280. The summed E-state index contributed by atoms with van der Waals surface area (Å²) in [5.74, 6) is 1.57. The Balaban J connectivity index is 1.48. The van der Waals surface area contributed by atoms with Gasteiger partial charge in [0.05, 0.1) is 30.3 Å². The molecule has 0 atom stereocenters. The van der Waals surface area contributed by atoms with Crippen molar-refractivity contribution in [2.75, 3.05) is 26.3 Å². The predicted octanol–water partition coefficient (Wildman–Crippen LogP) is 2.62. The molecule has 1 saturated heterocycles. The van der Waals surface area contributed by atoms with E-state index in [0.717, 1.165) is 52.9 Å². The van der Waals surface area contributed by atoms with E-state index in [1.54, 1.807) is 0 Å². The van der Waals surface area contributed by atoms with Crippen molar-refractivity contribution in [3.8, 4) is 11.3 Å². The third-order valence-corrected chi connectivity index (χ3v) is 5.98. The lowest BCUT2D eigenvalue weighted by molar-refractivity contribution is -0.0710. The van der Waals surface area contributed by atoms with E-state index in [1.807, 2.05) is 42.8 Å². The van der Waals surface area contributed by atoms with Crippen LogP contribution in [0.5, 0.6) is 0 Å². The highest BCUT2D eigenvalue weighted by atomic mass is 16.5. The molecule has 9 heteroatoms. The normalized spacial score (nSPS) is 16.9. The van der Waals surface area contributed by atoms with E-state index in [9.17, 15) is 0 Å². The number of hydrogen-bond acceptors (Lipinski definition) is 7. The number of imidazole rings is 1. The SMILES string of the molecule is Cc1ncc(C)n2nc(C3=Cc4nc(-c5ccccc5)cn4CN3N3CCOCC3)nc12. The Morgan fingerprint density at radius 3 is 2.59 bits per heavy atom. The van der Waals surface area contributed by atoms with Crippen LogP contribution in [0.25, 0.3) is 28.7 Å². The van der Waals surface area contributed by atoms with Gasteiger partial charge in [0, 0.05) is 37.1 Å². The van der Waals surface area contributed by atoms with Gasteiger partial charge < -0.3 is 9.30 Å². The van der Waals surface area contributed by atoms with Crippen molar-refractivity contribution in [2.45, 2.75) is 20.5 Å². The maximum atomic E-state index is 5.59. The topological polar surface area (TPSA) is 76.6 Å². The number of hydrazine groups is 1. The van der Waals surface area contributed by atoms with E-state index >= 15 is 0 Å². The number of hydrogen-bond donors (Lipinski definition) is 0. The van der Waals surface area contributed by atoms with Gasteiger partial charge in [0.25, 0.3) is 0 Å². The highest BCUT2D eigenvalue weighted by Crippen LogP contribution is 2.30. The van der Waals surface area contributed by atoms with Crippen molar-refractivity contribution in [1.82, 2.24) is 39.2 Å². The number of aromatic nitrogens is 6. The first-order valence-electron chi connectivity index (χ1n) is 10.8. The zero-order valence-electron chi connectivity index (χ0n) is 18.1. The molecule has 0 N–H and O–H groups in total. The zero-order valence-corrected chi connectivity index (χ0v) is 18.1. The van der Waals surface area contributed by atoms with Gasteiger partial charge in [-0.1, -0.05) is 30.3 Å². The summed E-state index contributed by atoms with van der Waals surface area (Å²) in [4.78, 5) is 14.2. The van der Waals surface area contributed by atoms with Crippen LogP contribution in [0, 0.1) is 13.8 Å². The van der Waals surface area contributed by atoms with Gasteiger partial charge in [0.15, 0.2) is 11.5 Å². The minimum absolute atomic E-state index is 0.646. The van der Waals surface area contributed by atoms with Gasteiger partial charge in [-0.3, -0.25) is 9.99 Å². The summed E-state index contributed by atoms with van der Waals surface area (Å²) in [5, 5.41) is 9.40. The van der Waals surface area contributed by atoms with Crippen LogP contribution in [-0.4, -0.2) is 65.5 Å². The molecule has 9 nitrogen and oxygen atoms in total. The van der Waals surface area contributed by atoms with Crippen LogP contribution in [0.4, 0.5) is 0 Å². The van der Waals surface area contributed by atoms with Gasteiger partial charge >= 0.3 is 0 Å². The second-order valence-electron chi connectivity index (χ2n) is 8.11. The molecule has 4 aromatic rings.